The summed E-state index contributed by atoms with van der Waals surface area (Å²) in [5.41, 5.74) is 2.76. The number of ketones is 1. The summed E-state index contributed by atoms with van der Waals surface area (Å²) in [5.74, 6) is -0.673. The first-order valence-corrected chi connectivity index (χ1v) is 12.5. The fourth-order valence-electron chi connectivity index (χ4n) is 4.12. The molecule has 0 fully saturated rings. The summed E-state index contributed by atoms with van der Waals surface area (Å²) in [6, 6.07) is 10.1. The van der Waals surface area contributed by atoms with E-state index in [4.69, 9.17) is 0 Å². The van der Waals surface area contributed by atoms with E-state index < -0.39 is 5.82 Å². The number of nitrogens with one attached hydrogen (secondary N) is 1. The summed E-state index contributed by atoms with van der Waals surface area (Å²) in [5, 5.41) is 2.49. The maximum atomic E-state index is 14.7. The van der Waals surface area contributed by atoms with Crippen molar-refractivity contribution in [1.29, 1.82) is 0 Å². The largest absolute Gasteiger partial charge is 0.355 e. The van der Waals surface area contributed by atoms with Crippen molar-refractivity contribution in [2.45, 2.75) is 33.1 Å². The van der Waals surface area contributed by atoms with Gasteiger partial charge in [-0.15, -0.1) is 0 Å². The summed E-state index contributed by atoms with van der Waals surface area (Å²) in [4.78, 5) is 32.1. The molecule has 0 radical (unpaired) electrons. The number of thiazole rings is 1. The van der Waals surface area contributed by atoms with Gasteiger partial charge in [0.25, 0.3) is 5.91 Å². The lowest BCUT2D eigenvalue weighted by Gasteiger charge is -2.17. The molecule has 0 saturated heterocycles. The van der Waals surface area contributed by atoms with E-state index in [1.54, 1.807) is 18.3 Å². The van der Waals surface area contributed by atoms with E-state index in [0.29, 0.717) is 17.7 Å². The number of fused-ring (bicyclic) bond motifs is 3. The molecule has 0 spiro atoms. The maximum Gasteiger partial charge on any atom is 0.251 e. The van der Waals surface area contributed by atoms with E-state index in [2.05, 4.69) is 29.0 Å². The Morgan fingerprint density at radius 2 is 1.85 bits per heavy atom. The van der Waals surface area contributed by atoms with Gasteiger partial charge in [-0.3, -0.25) is 14.0 Å². The summed E-state index contributed by atoms with van der Waals surface area (Å²) in [7, 11) is 1.51. The number of hydrogen-bond acceptors (Lipinski definition) is 5. The third-order valence-corrected chi connectivity index (χ3v) is 7.19. The first-order valence-electron chi connectivity index (χ1n) is 11.6. The van der Waals surface area contributed by atoms with Gasteiger partial charge in [-0.25, -0.2) is 9.37 Å². The molecule has 8 heteroatoms. The smallest absolute Gasteiger partial charge is 0.251 e. The Kier molecular flexibility index (Phi) is 7.38. The Morgan fingerprint density at radius 3 is 2.56 bits per heavy atom. The third kappa shape index (κ3) is 4.88. The van der Waals surface area contributed by atoms with Crippen molar-refractivity contribution in [3.05, 3.63) is 59.5 Å². The number of amides is 1. The number of rotatable bonds is 10. The topological polar surface area (TPSA) is 66.7 Å². The van der Waals surface area contributed by atoms with Crippen molar-refractivity contribution < 1.29 is 14.0 Å². The molecule has 0 saturated carbocycles. The van der Waals surface area contributed by atoms with Crippen LogP contribution in [0.4, 0.5) is 4.39 Å². The van der Waals surface area contributed by atoms with Gasteiger partial charge in [-0.05, 0) is 68.9 Å². The Labute approximate surface area is 202 Å². The van der Waals surface area contributed by atoms with Gasteiger partial charge in [0, 0.05) is 36.4 Å². The molecule has 4 rings (SSSR count). The number of hydrogen-bond donors (Lipinski definition) is 1. The number of benzene rings is 2. The van der Waals surface area contributed by atoms with E-state index in [-0.39, 0.29) is 17.3 Å². The molecule has 0 aliphatic heterocycles. The number of nitrogens with zero attached hydrogens (tertiary/aromatic N) is 3. The molecule has 0 atom stereocenters. The van der Waals surface area contributed by atoms with E-state index >= 15 is 0 Å². The second kappa shape index (κ2) is 10.4. The highest BCUT2D eigenvalue weighted by Gasteiger charge is 2.16. The molecule has 2 aromatic heterocycles. The highest BCUT2D eigenvalue weighted by molar-refractivity contribution is 7.23. The fraction of sp³-hybridized carbons (Fsp3) is 0.346. The second-order valence-corrected chi connectivity index (χ2v) is 9.25. The standard InChI is InChI=1S/C26H29FN4O2S/c1-4-30(5-2)13-7-6-8-23(32)17-10-12-22-24(15-17)34-26-29-21(16-31(22)26)19-11-9-18(14-20(19)27)25(33)28-3/h9-12,14-16H,4-8,13H2,1-3H3,(H,28,33). The van der Waals surface area contributed by atoms with Crippen LogP contribution in [0.2, 0.25) is 0 Å². The molecular weight excluding hydrogens is 451 g/mol. The number of carbonyl (C=O) groups excluding carboxylic acids is 2. The summed E-state index contributed by atoms with van der Waals surface area (Å²) >= 11 is 1.47. The van der Waals surface area contributed by atoms with Crippen LogP contribution < -0.4 is 5.32 Å². The number of halogens is 1. The fourth-order valence-corrected chi connectivity index (χ4v) is 5.16. The molecule has 2 aromatic carbocycles. The molecule has 1 amide bonds. The van der Waals surface area contributed by atoms with E-state index in [9.17, 15) is 14.0 Å². The monoisotopic (exact) mass is 480 g/mol. The van der Waals surface area contributed by atoms with Gasteiger partial charge in [-0.1, -0.05) is 25.2 Å². The van der Waals surface area contributed by atoms with Crippen molar-refractivity contribution in [3.8, 4) is 11.3 Å². The highest BCUT2D eigenvalue weighted by Crippen LogP contribution is 2.31. The van der Waals surface area contributed by atoms with Crippen molar-refractivity contribution in [3.63, 3.8) is 0 Å². The minimum Gasteiger partial charge on any atom is -0.355 e. The van der Waals surface area contributed by atoms with Crippen LogP contribution in [0.1, 0.15) is 53.8 Å². The van der Waals surface area contributed by atoms with Gasteiger partial charge in [0.2, 0.25) is 0 Å². The summed E-state index contributed by atoms with van der Waals surface area (Å²) < 4.78 is 17.6. The van der Waals surface area contributed by atoms with Gasteiger partial charge in [0.05, 0.1) is 15.9 Å². The quantitative estimate of drug-likeness (QED) is 0.243. The van der Waals surface area contributed by atoms with Crippen molar-refractivity contribution in [1.82, 2.24) is 19.6 Å². The third-order valence-electron chi connectivity index (χ3n) is 6.17. The molecule has 34 heavy (non-hydrogen) atoms. The van der Waals surface area contributed by atoms with Crippen molar-refractivity contribution >= 4 is 38.2 Å². The minimum atomic E-state index is -0.495. The van der Waals surface area contributed by atoms with Crippen LogP contribution in [0.5, 0.6) is 0 Å². The molecule has 0 bridgehead atoms. The molecular formula is C26H29FN4O2S. The number of carbonyl (C=O) groups is 2. The highest BCUT2D eigenvalue weighted by atomic mass is 32.1. The normalized spacial score (nSPS) is 11.6. The summed E-state index contributed by atoms with van der Waals surface area (Å²) in [6.45, 7) is 7.42. The van der Waals surface area contributed by atoms with Crippen molar-refractivity contribution in [2.75, 3.05) is 26.7 Å². The van der Waals surface area contributed by atoms with Crippen LogP contribution in [-0.2, 0) is 0 Å². The second-order valence-electron chi connectivity index (χ2n) is 8.24. The van der Waals surface area contributed by atoms with Gasteiger partial charge in [0.1, 0.15) is 5.82 Å². The molecule has 178 valence electrons. The van der Waals surface area contributed by atoms with Gasteiger partial charge < -0.3 is 10.2 Å². The Bertz CT molecular complexity index is 1340. The van der Waals surface area contributed by atoms with Crippen LogP contribution in [-0.4, -0.2) is 52.7 Å². The van der Waals surface area contributed by atoms with E-state index in [1.165, 1.54) is 24.5 Å². The first-order chi connectivity index (χ1) is 16.4. The number of Topliss-reactive ketones (excluding diaryl/α,β-unsaturated/α-hetero) is 1. The van der Waals surface area contributed by atoms with Gasteiger partial charge in [0.15, 0.2) is 10.7 Å². The lowest BCUT2D eigenvalue weighted by molar-refractivity contribution is 0.0959. The summed E-state index contributed by atoms with van der Waals surface area (Å²) in [6.07, 6.45) is 4.24. The molecule has 6 nitrogen and oxygen atoms in total. The molecule has 0 aliphatic carbocycles. The Hall–Kier alpha value is -3.10. The van der Waals surface area contributed by atoms with E-state index in [0.717, 1.165) is 53.2 Å². The van der Waals surface area contributed by atoms with Crippen LogP contribution in [0.25, 0.3) is 26.4 Å². The SMILES string of the molecule is CCN(CC)CCCCC(=O)c1ccc2c(c1)sc1nc(-c3ccc(C(=O)NC)cc3F)cn12. The average Bonchev–Trinajstić information content (AvgIpc) is 3.40. The lowest BCUT2D eigenvalue weighted by atomic mass is 10.1. The zero-order chi connectivity index (χ0) is 24.2. The van der Waals surface area contributed by atoms with Gasteiger partial charge in [-0.2, -0.15) is 0 Å². The van der Waals surface area contributed by atoms with Gasteiger partial charge >= 0.3 is 0 Å². The average molecular weight is 481 g/mol. The minimum absolute atomic E-state index is 0.159. The number of unbranched alkanes of at least 4 members (excludes halogenated alkanes) is 1. The maximum absolute atomic E-state index is 14.7. The first kappa shape index (κ1) is 24.0. The molecule has 0 aliphatic rings. The molecule has 0 unspecified atom stereocenters. The Morgan fingerprint density at radius 1 is 1.09 bits per heavy atom. The van der Waals surface area contributed by atoms with Crippen LogP contribution in [0.15, 0.2) is 42.6 Å². The molecule has 2 heterocycles. The number of imidazole rings is 1. The van der Waals surface area contributed by atoms with Crippen LogP contribution in [0.3, 0.4) is 0 Å². The molecule has 1 N–H and O–H groups in total. The Balaban J connectivity index is 1.51. The lowest BCUT2D eigenvalue weighted by Crippen LogP contribution is -2.24. The predicted octanol–water partition coefficient (Wildman–Crippen LogP) is 5.41. The number of aromatic nitrogens is 2. The predicted molar refractivity (Wildman–Crippen MR) is 135 cm³/mol. The van der Waals surface area contributed by atoms with Crippen LogP contribution >= 0.6 is 11.3 Å². The van der Waals surface area contributed by atoms with E-state index in [1.807, 2.05) is 22.6 Å². The zero-order valence-electron chi connectivity index (χ0n) is 19.7. The van der Waals surface area contributed by atoms with Crippen molar-refractivity contribution in [2.24, 2.45) is 0 Å². The zero-order valence-corrected chi connectivity index (χ0v) is 20.5. The van der Waals surface area contributed by atoms with Crippen LogP contribution in [0, 0.1) is 5.82 Å². The molecule has 4 aromatic rings.